The lowest BCUT2D eigenvalue weighted by molar-refractivity contribution is 1.02. The van der Waals surface area contributed by atoms with E-state index in [4.69, 9.17) is 0 Å². The zero-order valence-corrected chi connectivity index (χ0v) is 8.91. The van der Waals surface area contributed by atoms with Crippen LogP contribution in [0.25, 0.3) is 11.4 Å². The molecule has 2 rings (SSSR count). The zero-order chi connectivity index (χ0) is 10.8. The minimum absolute atomic E-state index is 0.218. The van der Waals surface area contributed by atoms with Crippen molar-refractivity contribution in [2.45, 2.75) is 0 Å². The minimum Gasteiger partial charge on any atom is -0.313 e. The van der Waals surface area contributed by atoms with E-state index < -0.39 is 11.2 Å². The van der Waals surface area contributed by atoms with Gasteiger partial charge in [0.2, 0.25) is 0 Å². The molecule has 6 nitrogen and oxygen atoms in total. The number of hydrogen-bond donors (Lipinski definition) is 2. The molecule has 0 spiro atoms. The van der Waals surface area contributed by atoms with Crippen molar-refractivity contribution in [1.29, 1.82) is 0 Å². The number of H-pyrrole nitrogens is 2. The second-order valence-electron chi connectivity index (χ2n) is 2.69. The number of aromatic amines is 2. The van der Waals surface area contributed by atoms with Gasteiger partial charge in [-0.3, -0.25) is 9.78 Å². The van der Waals surface area contributed by atoms with Crippen molar-refractivity contribution in [1.82, 2.24) is 19.9 Å². The summed E-state index contributed by atoms with van der Waals surface area (Å²) >= 11 is 3.16. The van der Waals surface area contributed by atoms with E-state index in [0.29, 0.717) is 4.60 Å². The van der Waals surface area contributed by atoms with E-state index >= 15 is 0 Å². The Bertz CT molecular complexity index is 604. The first-order valence-electron chi connectivity index (χ1n) is 3.98. The van der Waals surface area contributed by atoms with Crippen LogP contribution in [0.1, 0.15) is 0 Å². The summed E-state index contributed by atoms with van der Waals surface area (Å²) in [5, 5.41) is 0. The molecule has 2 heterocycles. The van der Waals surface area contributed by atoms with Gasteiger partial charge in [-0.05, 0) is 22.0 Å². The number of halogens is 1. The lowest BCUT2D eigenvalue weighted by Gasteiger charge is -1.97. The molecular weight excluding hydrogens is 264 g/mol. The van der Waals surface area contributed by atoms with Crippen molar-refractivity contribution >= 4 is 15.9 Å². The monoisotopic (exact) mass is 268 g/mol. The molecule has 7 heteroatoms. The highest BCUT2D eigenvalue weighted by Crippen LogP contribution is 2.10. The molecule has 0 radical (unpaired) electrons. The van der Waals surface area contributed by atoms with Crippen LogP contribution in [0.5, 0.6) is 0 Å². The van der Waals surface area contributed by atoms with Crippen molar-refractivity contribution in [2.75, 3.05) is 0 Å². The van der Waals surface area contributed by atoms with Crippen molar-refractivity contribution in [3.05, 3.63) is 43.9 Å². The molecule has 0 aliphatic heterocycles. The maximum absolute atomic E-state index is 11.4. The molecule has 2 aromatic rings. The van der Waals surface area contributed by atoms with Crippen LogP contribution < -0.4 is 11.2 Å². The average molecular weight is 269 g/mol. The van der Waals surface area contributed by atoms with Crippen molar-refractivity contribution in [3.8, 4) is 11.4 Å². The van der Waals surface area contributed by atoms with Crippen LogP contribution in [0, 0.1) is 0 Å². The van der Waals surface area contributed by atoms with Crippen LogP contribution in [0.2, 0.25) is 0 Å². The Balaban J connectivity index is 2.64. The predicted molar refractivity (Wildman–Crippen MR) is 56.4 cm³/mol. The summed E-state index contributed by atoms with van der Waals surface area (Å²) in [5.74, 6) is 0.252. The van der Waals surface area contributed by atoms with Crippen molar-refractivity contribution in [2.24, 2.45) is 0 Å². The number of hydrogen-bond acceptors (Lipinski definition) is 4. The van der Waals surface area contributed by atoms with E-state index in [1.165, 1.54) is 12.4 Å². The quantitative estimate of drug-likeness (QED) is 0.727. The lowest BCUT2D eigenvalue weighted by Crippen LogP contribution is -2.23. The summed E-state index contributed by atoms with van der Waals surface area (Å²) in [7, 11) is 0. The smallest absolute Gasteiger partial charge is 0.313 e. The third kappa shape index (κ3) is 2.01. The summed E-state index contributed by atoms with van der Waals surface area (Å²) in [4.78, 5) is 34.5. The first-order valence-corrected chi connectivity index (χ1v) is 4.77. The van der Waals surface area contributed by atoms with Gasteiger partial charge in [-0.1, -0.05) is 0 Å². The van der Waals surface area contributed by atoms with Gasteiger partial charge in [-0.15, -0.1) is 0 Å². The Kier molecular flexibility index (Phi) is 2.46. The second-order valence-corrected chi connectivity index (χ2v) is 3.50. The Labute approximate surface area is 91.6 Å². The Morgan fingerprint density at radius 3 is 2.80 bits per heavy atom. The van der Waals surface area contributed by atoms with Gasteiger partial charge < -0.3 is 4.98 Å². The fraction of sp³-hybridized carbons (Fsp3) is 0. The maximum atomic E-state index is 11.4. The fourth-order valence-corrected chi connectivity index (χ4v) is 1.33. The maximum Gasteiger partial charge on any atom is 0.325 e. The molecule has 0 aliphatic carbocycles. The van der Waals surface area contributed by atoms with Crippen LogP contribution in [-0.2, 0) is 0 Å². The van der Waals surface area contributed by atoms with E-state index in [-0.39, 0.29) is 11.4 Å². The topological polar surface area (TPSA) is 91.5 Å². The standard InChI is InChI=1S/C8H5BrN4O2/c9-5-1-2-10-6(12-5)4-3-11-8(15)13-7(4)14/h1-3H,(H2,11,13,14,15). The molecule has 2 aromatic heterocycles. The predicted octanol–water partition coefficient (Wildman–Crippen LogP) is 0.283. The van der Waals surface area contributed by atoms with E-state index in [0.717, 1.165) is 0 Å². The lowest BCUT2D eigenvalue weighted by atomic mass is 10.3. The molecule has 0 bridgehead atoms. The van der Waals surface area contributed by atoms with Gasteiger partial charge in [0.15, 0.2) is 5.82 Å². The Morgan fingerprint density at radius 2 is 2.13 bits per heavy atom. The van der Waals surface area contributed by atoms with E-state index in [9.17, 15) is 9.59 Å². The Morgan fingerprint density at radius 1 is 1.33 bits per heavy atom. The molecular formula is C8H5BrN4O2. The van der Waals surface area contributed by atoms with Crippen LogP contribution in [-0.4, -0.2) is 19.9 Å². The van der Waals surface area contributed by atoms with Gasteiger partial charge in [0, 0.05) is 12.4 Å². The Hall–Kier alpha value is -1.76. The number of nitrogens with zero attached hydrogens (tertiary/aromatic N) is 2. The molecule has 2 N–H and O–H groups in total. The first-order chi connectivity index (χ1) is 7.16. The van der Waals surface area contributed by atoms with Crippen LogP contribution >= 0.6 is 15.9 Å². The average Bonchev–Trinajstić information content (AvgIpc) is 2.17. The summed E-state index contributed by atoms with van der Waals surface area (Å²) in [5.41, 5.74) is -0.855. The normalized spacial score (nSPS) is 10.2. The molecule has 15 heavy (non-hydrogen) atoms. The summed E-state index contributed by atoms with van der Waals surface area (Å²) in [6.07, 6.45) is 2.79. The van der Waals surface area contributed by atoms with Gasteiger partial charge in [0.25, 0.3) is 5.56 Å². The van der Waals surface area contributed by atoms with E-state index in [2.05, 4.69) is 35.9 Å². The third-order valence-electron chi connectivity index (χ3n) is 1.68. The highest BCUT2D eigenvalue weighted by atomic mass is 79.9. The number of rotatable bonds is 1. The first kappa shape index (κ1) is 9.78. The number of aromatic nitrogens is 4. The molecule has 0 unspecified atom stereocenters. The number of nitrogens with one attached hydrogen (secondary N) is 2. The second kappa shape index (κ2) is 3.77. The molecule has 76 valence electrons. The summed E-state index contributed by atoms with van der Waals surface area (Å²) < 4.78 is 0.568. The van der Waals surface area contributed by atoms with Crippen LogP contribution in [0.4, 0.5) is 0 Å². The summed E-state index contributed by atoms with van der Waals surface area (Å²) in [6, 6.07) is 1.64. The third-order valence-corrected chi connectivity index (χ3v) is 2.12. The largest absolute Gasteiger partial charge is 0.325 e. The van der Waals surface area contributed by atoms with Crippen LogP contribution in [0.3, 0.4) is 0 Å². The van der Waals surface area contributed by atoms with E-state index in [1.807, 2.05) is 0 Å². The highest BCUT2D eigenvalue weighted by Gasteiger charge is 2.06. The van der Waals surface area contributed by atoms with E-state index in [1.54, 1.807) is 6.07 Å². The highest BCUT2D eigenvalue weighted by molar-refractivity contribution is 9.10. The van der Waals surface area contributed by atoms with Gasteiger partial charge in [0.05, 0.1) is 0 Å². The zero-order valence-electron chi connectivity index (χ0n) is 7.32. The van der Waals surface area contributed by atoms with Crippen molar-refractivity contribution < 1.29 is 0 Å². The minimum atomic E-state index is -0.557. The fourth-order valence-electron chi connectivity index (χ4n) is 1.04. The molecule has 0 saturated carbocycles. The van der Waals surface area contributed by atoms with Gasteiger partial charge in [0.1, 0.15) is 10.2 Å². The SMILES string of the molecule is O=c1[nH]cc(-c2nccc(Br)n2)c(=O)[nH]1. The van der Waals surface area contributed by atoms with Gasteiger partial charge in [-0.25, -0.2) is 14.8 Å². The summed E-state index contributed by atoms with van der Waals surface area (Å²) in [6.45, 7) is 0. The van der Waals surface area contributed by atoms with Crippen LogP contribution in [0.15, 0.2) is 32.7 Å². The van der Waals surface area contributed by atoms with Crippen molar-refractivity contribution in [3.63, 3.8) is 0 Å². The molecule has 0 amide bonds. The molecule has 0 saturated heterocycles. The molecule has 0 fully saturated rings. The van der Waals surface area contributed by atoms with Gasteiger partial charge >= 0.3 is 5.69 Å². The molecule has 0 aliphatic rings. The molecule has 0 aromatic carbocycles. The van der Waals surface area contributed by atoms with Gasteiger partial charge in [-0.2, -0.15) is 0 Å². The molecule has 0 atom stereocenters.